The van der Waals surface area contributed by atoms with Crippen LogP contribution in [0.2, 0.25) is 0 Å². The maximum atomic E-state index is 14.1. The lowest BCUT2D eigenvalue weighted by Gasteiger charge is -2.31. The highest BCUT2D eigenvalue weighted by molar-refractivity contribution is 7.46. The summed E-state index contributed by atoms with van der Waals surface area (Å²) in [6.45, 7) is 8.59. The minimum atomic E-state index is -5.14. The molecule has 28 nitrogen and oxygen atoms in total. The SMILES string of the molecule is CC[C@H](C)[C@H](NC(=O)[C@H](CC(C)C)NC(=O)[C@H](CC(C)C)NC(=O)[C@H](CCC(=O)O)NC(=O)[C@@H]1CCCN1C(=O)[C@H](CCC(=O)O)NC(=O)[C@@H](N)CCC(N)=O)C(=O)N[C@@H](COP(=O)(O)O)C(=O)NCC=O. The first-order valence-electron chi connectivity index (χ1n) is 23.5. The van der Waals surface area contributed by atoms with Gasteiger partial charge in [-0.15, -0.1) is 0 Å². The largest absolute Gasteiger partial charge is 0.481 e. The molecule has 0 bridgehead atoms. The number of likely N-dealkylation sites (tertiary alicyclic amines) is 1. The van der Waals surface area contributed by atoms with Crippen LogP contribution in [0.1, 0.15) is 112 Å². The Morgan fingerprint density at radius 1 is 0.681 bits per heavy atom. The number of rotatable bonds is 34. The lowest BCUT2D eigenvalue weighted by molar-refractivity contribution is -0.143. The average Bonchev–Trinajstić information content (AvgIpc) is 3.79. The Hall–Kier alpha value is -6.09. The van der Waals surface area contributed by atoms with E-state index >= 15 is 0 Å². The van der Waals surface area contributed by atoms with Crippen molar-refractivity contribution in [3.8, 4) is 0 Å². The number of hydrogen-bond acceptors (Lipinski definition) is 15. The molecule has 0 saturated carbocycles. The molecule has 1 heterocycles. The van der Waals surface area contributed by atoms with Crippen LogP contribution >= 0.6 is 7.82 Å². The number of aldehydes is 1. The summed E-state index contributed by atoms with van der Waals surface area (Å²) in [6, 6.07) is -11.6. The topological polar surface area (TPSA) is 452 Å². The molecule has 0 spiro atoms. The molecule has 1 fully saturated rings. The van der Waals surface area contributed by atoms with E-state index in [0.717, 1.165) is 4.90 Å². The van der Waals surface area contributed by atoms with Gasteiger partial charge in [0.25, 0.3) is 0 Å². The third-order valence-electron chi connectivity index (χ3n) is 11.3. The number of phosphoric ester groups is 1. The molecule has 0 aromatic rings. The van der Waals surface area contributed by atoms with Gasteiger partial charge in [0.05, 0.1) is 19.2 Å². The molecule has 1 aliphatic rings. The molecular formula is C43H73N10O18P. The second kappa shape index (κ2) is 31.4. The number of aliphatic carboxylic acids is 2. The monoisotopic (exact) mass is 1050 g/mol. The fourth-order valence-corrected chi connectivity index (χ4v) is 7.67. The number of phosphoric acid groups is 1. The maximum absolute atomic E-state index is 14.1. The van der Waals surface area contributed by atoms with Crippen LogP contribution in [0.25, 0.3) is 0 Å². The Labute approximate surface area is 416 Å². The molecule has 0 radical (unpaired) electrons. The van der Waals surface area contributed by atoms with E-state index in [9.17, 15) is 82.1 Å². The summed E-state index contributed by atoms with van der Waals surface area (Å²) in [4.78, 5) is 174. The first-order valence-corrected chi connectivity index (χ1v) is 25.1. The fourth-order valence-electron chi connectivity index (χ4n) is 7.33. The number of carbonyl (C=O) groups excluding carboxylic acids is 10. The number of carboxylic acid groups (broad SMARTS) is 2. The van der Waals surface area contributed by atoms with E-state index in [4.69, 9.17) is 11.5 Å². The molecule has 408 valence electrons. The van der Waals surface area contributed by atoms with Gasteiger partial charge in [-0.1, -0.05) is 48.0 Å². The predicted octanol–water partition coefficient (Wildman–Crippen LogP) is -3.23. The van der Waals surface area contributed by atoms with Crippen molar-refractivity contribution in [1.82, 2.24) is 42.1 Å². The summed E-state index contributed by atoms with van der Waals surface area (Å²) in [6.07, 6.45) is -1.71. The Bertz CT molecular complexity index is 1990. The number of nitrogens with zero attached hydrogens (tertiary/aromatic N) is 1. The zero-order chi connectivity index (χ0) is 55.0. The average molecular weight is 1050 g/mol. The summed E-state index contributed by atoms with van der Waals surface area (Å²) in [5.74, 6) is -12.0. The Kier molecular flexibility index (Phi) is 27.9. The summed E-state index contributed by atoms with van der Waals surface area (Å²) in [5.41, 5.74) is 11.0. The summed E-state index contributed by atoms with van der Waals surface area (Å²) >= 11 is 0. The molecule has 9 amide bonds. The van der Waals surface area contributed by atoms with Gasteiger partial charge in [-0.3, -0.25) is 57.3 Å². The van der Waals surface area contributed by atoms with Crippen molar-refractivity contribution >= 4 is 79.2 Å². The van der Waals surface area contributed by atoms with Crippen molar-refractivity contribution in [2.75, 3.05) is 19.7 Å². The van der Waals surface area contributed by atoms with E-state index in [1.165, 1.54) is 0 Å². The molecule has 0 aliphatic carbocycles. The van der Waals surface area contributed by atoms with Gasteiger partial charge in [-0.2, -0.15) is 0 Å². The maximum Gasteiger partial charge on any atom is 0.469 e. The Morgan fingerprint density at radius 2 is 1.18 bits per heavy atom. The van der Waals surface area contributed by atoms with Crippen molar-refractivity contribution in [2.45, 2.75) is 161 Å². The number of nitrogens with one attached hydrogen (secondary N) is 7. The van der Waals surface area contributed by atoms with Crippen LogP contribution in [-0.4, -0.2) is 164 Å². The second-order valence-corrected chi connectivity index (χ2v) is 19.5. The molecule has 0 aromatic carbocycles. The van der Waals surface area contributed by atoms with Crippen LogP contribution < -0.4 is 48.7 Å². The van der Waals surface area contributed by atoms with Crippen LogP contribution in [0.3, 0.4) is 0 Å². The van der Waals surface area contributed by atoms with E-state index in [0.29, 0.717) is 6.29 Å². The minimum absolute atomic E-state index is 0.0154. The third-order valence-corrected chi connectivity index (χ3v) is 11.8. The predicted molar refractivity (Wildman–Crippen MR) is 252 cm³/mol. The highest BCUT2D eigenvalue weighted by Crippen LogP contribution is 2.35. The molecule has 15 N–H and O–H groups in total. The normalized spacial score (nSPS) is 16.9. The van der Waals surface area contributed by atoms with Crippen molar-refractivity contribution in [3.05, 3.63) is 0 Å². The summed E-state index contributed by atoms with van der Waals surface area (Å²) < 4.78 is 15.8. The summed E-state index contributed by atoms with van der Waals surface area (Å²) in [5, 5.41) is 35.9. The van der Waals surface area contributed by atoms with E-state index in [1.54, 1.807) is 41.5 Å². The van der Waals surface area contributed by atoms with Crippen LogP contribution in [0.5, 0.6) is 0 Å². The van der Waals surface area contributed by atoms with Gasteiger partial charge < -0.3 is 78.4 Å². The second-order valence-electron chi connectivity index (χ2n) is 18.3. The molecule has 1 aliphatic heterocycles. The third kappa shape index (κ3) is 23.9. The first kappa shape index (κ1) is 63.9. The number of carboxylic acids is 2. The molecule has 0 unspecified atom stereocenters. The minimum Gasteiger partial charge on any atom is -0.481 e. The van der Waals surface area contributed by atoms with Gasteiger partial charge in [-0.25, -0.2) is 4.57 Å². The van der Waals surface area contributed by atoms with Gasteiger partial charge >= 0.3 is 19.8 Å². The van der Waals surface area contributed by atoms with Gasteiger partial charge in [0.15, 0.2) is 0 Å². The van der Waals surface area contributed by atoms with Gasteiger partial charge in [0.1, 0.15) is 48.6 Å². The lowest BCUT2D eigenvalue weighted by Crippen LogP contribution is -2.61. The van der Waals surface area contributed by atoms with Crippen LogP contribution in [0.15, 0.2) is 0 Å². The van der Waals surface area contributed by atoms with Crippen LogP contribution in [-0.2, 0) is 66.6 Å². The molecule has 1 rings (SSSR count). The van der Waals surface area contributed by atoms with Crippen molar-refractivity contribution in [3.63, 3.8) is 0 Å². The molecule has 0 aromatic heterocycles. The molecule has 9 atom stereocenters. The highest BCUT2D eigenvalue weighted by Gasteiger charge is 2.40. The Morgan fingerprint density at radius 3 is 1.67 bits per heavy atom. The number of nitrogens with two attached hydrogens (primary N) is 2. The highest BCUT2D eigenvalue weighted by atomic mass is 31.2. The number of hydrogen-bond donors (Lipinski definition) is 13. The smallest absolute Gasteiger partial charge is 0.469 e. The Balaban J connectivity index is 3.45. The standard InChI is InChI=1S/C43H73N10O18P/c1-7-24(6)35(42(66)51-30(21-71-72(68,69)70)37(61)46-16-18-54)52-40(64)29(20-23(4)5)50-39(63)28(19-22(2)3)49-38(62)26(11-14-33(56)57)47-41(65)31-9-8-17-53(31)43(67)27(12-15-34(58)59)48-36(60)25(44)10-13-32(45)55/h18,22-31,35H,7-17,19-21,44H2,1-6H3,(H2,45,55)(H,46,61)(H,47,65)(H,48,60)(H,49,62)(H,50,63)(H,51,66)(H,52,64)(H,56,57)(H,58,59)(H2,68,69,70)/t24-,25-,26-,27-,28-,29-,30-,31-,35-/m0/s1. The van der Waals surface area contributed by atoms with Crippen LogP contribution in [0.4, 0.5) is 0 Å². The van der Waals surface area contributed by atoms with Gasteiger partial charge in [-0.05, 0) is 62.7 Å². The zero-order valence-electron chi connectivity index (χ0n) is 41.4. The summed E-state index contributed by atoms with van der Waals surface area (Å²) in [7, 11) is -5.14. The number of primary amides is 1. The molecular weight excluding hydrogens is 975 g/mol. The van der Waals surface area contributed by atoms with Gasteiger partial charge in [0, 0.05) is 25.8 Å². The van der Waals surface area contributed by atoms with Crippen molar-refractivity contribution in [2.24, 2.45) is 29.2 Å². The van der Waals surface area contributed by atoms with E-state index in [-0.39, 0.29) is 63.3 Å². The van der Waals surface area contributed by atoms with Crippen molar-refractivity contribution < 1.29 is 86.6 Å². The number of amides is 9. The number of carbonyl (C=O) groups is 12. The lowest BCUT2D eigenvalue weighted by atomic mass is 9.96. The molecule has 29 heteroatoms. The first-order chi connectivity index (χ1) is 33.5. The van der Waals surface area contributed by atoms with Crippen LogP contribution in [0, 0.1) is 17.8 Å². The quantitative estimate of drug-likeness (QED) is 0.0223. The fraction of sp³-hybridized carbons (Fsp3) is 0.721. The van der Waals surface area contributed by atoms with E-state index < -0.39 is 166 Å². The van der Waals surface area contributed by atoms with Gasteiger partial charge in [0.2, 0.25) is 53.2 Å². The molecule has 72 heavy (non-hydrogen) atoms. The van der Waals surface area contributed by atoms with E-state index in [1.807, 2.05) is 0 Å². The van der Waals surface area contributed by atoms with E-state index in [2.05, 4.69) is 41.7 Å². The van der Waals surface area contributed by atoms with Crippen molar-refractivity contribution in [1.29, 1.82) is 0 Å². The molecule has 1 saturated heterocycles. The zero-order valence-corrected chi connectivity index (χ0v) is 42.3.